The lowest BCUT2D eigenvalue weighted by Gasteiger charge is -2.30. The normalized spacial score (nSPS) is 18.9. The zero-order valence-corrected chi connectivity index (χ0v) is 16.0. The molecule has 2 unspecified atom stereocenters. The van der Waals surface area contributed by atoms with Crippen LogP contribution in [0.5, 0.6) is 5.75 Å². The molecule has 2 amide bonds. The molecule has 28 heavy (non-hydrogen) atoms. The zero-order valence-electron chi connectivity index (χ0n) is 16.0. The Morgan fingerprint density at radius 3 is 2.82 bits per heavy atom. The highest BCUT2D eigenvalue weighted by molar-refractivity contribution is 6.08. The van der Waals surface area contributed by atoms with Crippen molar-refractivity contribution in [3.05, 3.63) is 54.0 Å². The predicted octanol–water partition coefficient (Wildman–Crippen LogP) is 4.04. The molecule has 1 aliphatic rings. The monoisotopic (exact) mass is 384 g/mol. The summed E-state index contributed by atoms with van der Waals surface area (Å²) in [6.45, 7) is 4.33. The Kier molecular flexibility index (Phi) is 6.47. The molecule has 0 saturated heterocycles. The van der Waals surface area contributed by atoms with Crippen LogP contribution in [0.3, 0.4) is 0 Å². The van der Waals surface area contributed by atoms with Crippen molar-refractivity contribution in [1.82, 2.24) is 5.32 Å². The molecule has 7 heteroatoms. The second-order valence-corrected chi connectivity index (χ2v) is 6.58. The molecule has 0 bridgehead atoms. The van der Waals surface area contributed by atoms with Crippen molar-refractivity contribution < 1.29 is 23.5 Å². The first-order valence-corrected chi connectivity index (χ1v) is 9.36. The maximum atomic E-state index is 12.8. The minimum atomic E-state index is -0.747. The molecule has 0 aliphatic carbocycles. The molecule has 1 aromatic heterocycles. The van der Waals surface area contributed by atoms with Gasteiger partial charge >= 0.3 is 12.0 Å². The smallest absolute Gasteiger partial charge is 0.341 e. The van der Waals surface area contributed by atoms with Crippen molar-refractivity contribution >= 4 is 17.7 Å². The van der Waals surface area contributed by atoms with E-state index in [1.54, 1.807) is 19.1 Å². The van der Waals surface area contributed by atoms with E-state index in [0.717, 1.165) is 18.4 Å². The van der Waals surface area contributed by atoms with Crippen LogP contribution in [0.25, 0.3) is 0 Å². The van der Waals surface area contributed by atoms with Gasteiger partial charge in [0.15, 0.2) is 0 Å². The van der Waals surface area contributed by atoms with Gasteiger partial charge in [-0.3, -0.25) is 4.79 Å². The molecule has 0 spiro atoms. The molecule has 2 aromatic rings. The fourth-order valence-corrected chi connectivity index (χ4v) is 3.11. The van der Waals surface area contributed by atoms with E-state index in [0.29, 0.717) is 23.8 Å². The number of amides is 2. The van der Waals surface area contributed by atoms with E-state index in [9.17, 15) is 9.59 Å². The number of benzene rings is 1. The molecule has 0 saturated carbocycles. The number of nitrogens with zero attached hydrogens (tertiary/aromatic N) is 1. The molecule has 0 radical (unpaired) electrons. The number of rotatable bonds is 8. The van der Waals surface area contributed by atoms with Crippen molar-refractivity contribution in [1.29, 1.82) is 0 Å². The van der Waals surface area contributed by atoms with E-state index in [4.69, 9.17) is 13.9 Å². The summed E-state index contributed by atoms with van der Waals surface area (Å²) in [5, 5.41) is 2.79. The lowest BCUT2D eigenvalue weighted by molar-refractivity contribution is -0.148. The molecule has 2 heterocycles. The maximum absolute atomic E-state index is 12.8. The van der Waals surface area contributed by atoms with E-state index < -0.39 is 24.0 Å². The SMILES string of the molecule is CCCCOc1ccccc1C1NC(=O)N=C(C)C1C(=O)OCc1ccco1. The molecular formula is C21H24N2O5. The van der Waals surface area contributed by atoms with Crippen molar-refractivity contribution in [2.24, 2.45) is 10.9 Å². The molecule has 2 atom stereocenters. The number of nitrogens with one attached hydrogen (secondary N) is 1. The molecule has 1 aliphatic heterocycles. The maximum Gasteiger partial charge on any atom is 0.341 e. The highest BCUT2D eigenvalue weighted by Crippen LogP contribution is 2.34. The summed E-state index contributed by atoms with van der Waals surface area (Å²) in [5.74, 6) is -0.0444. The van der Waals surface area contributed by atoms with Gasteiger partial charge in [0.05, 0.1) is 18.9 Å². The Morgan fingerprint density at radius 1 is 1.25 bits per heavy atom. The Balaban J connectivity index is 1.84. The van der Waals surface area contributed by atoms with Gasteiger partial charge in [0.2, 0.25) is 0 Å². The first-order chi connectivity index (χ1) is 13.6. The van der Waals surface area contributed by atoms with Crippen LogP contribution < -0.4 is 10.1 Å². The van der Waals surface area contributed by atoms with Crippen LogP contribution >= 0.6 is 0 Å². The number of ether oxygens (including phenoxy) is 2. The van der Waals surface area contributed by atoms with Crippen LogP contribution in [0.1, 0.15) is 44.1 Å². The van der Waals surface area contributed by atoms with Gasteiger partial charge in [-0.05, 0) is 31.5 Å². The molecule has 148 valence electrons. The second-order valence-electron chi connectivity index (χ2n) is 6.58. The molecule has 3 rings (SSSR count). The van der Waals surface area contributed by atoms with Gasteiger partial charge in [-0.15, -0.1) is 0 Å². The van der Waals surface area contributed by atoms with Gasteiger partial charge in [-0.25, -0.2) is 9.79 Å². The van der Waals surface area contributed by atoms with Crippen LogP contribution in [-0.2, 0) is 16.1 Å². The van der Waals surface area contributed by atoms with E-state index in [-0.39, 0.29) is 6.61 Å². The lowest BCUT2D eigenvalue weighted by Crippen LogP contribution is -2.44. The Labute approximate surface area is 163 Å². The Bertz CT molecular complexity index is 844. The van der Waals surface area contributed by atoms with E-state index in [1.807, 2.05) is 24.3 Å². The molecular weight excluding hydrogens is 360 g/mol. The third-order valence-electron chi connectivity index (χ3n) is 4.54. The number of urea groups is 1. The number of hydrogen-bond acceptors (Lipinski definition) is 5. The average molecular weight is 384 g/mol. The third kappa shape index (κ3) is 4.60. The van der Waals surface area contributed by atoms with Crippen molar-refractivity contribution in [2.45, 2.75) is 39.3 Å². The molecule has 1 aromatic carbocycles. The highest BCUT2D eigenvalue weighted by Gasteiger charge is 2.39. The standard InChI is InChI=1S/C21H24N2O5/c1-3-4-11-27-17-10-6-5-9-16(17)19-18(14(2)22-21(25)23-19)20(24)28-13-15-8-7-12-26-15/h5-10,12,18-19H,3-4,11,13H2,1-2H3,(H,23,25). The summed E-state index contributed by atoms with van der Waals surface area (Å²) >= 11 is 0. The fourth-order valence-electron chi connectivity index (χ4n) is 3.11. The fraction of sp³-hybridized carbons (Fsp3) is 0.381. The minimum absolute atomic E-state index is 0.0188. The average Bonchev–Trinajstić information content (AvgIpc) is 3.20. The van der Waals surface area contributed by atoms with E-state index >= 15 is 0 Å². The number of para-hydroxylation sites is 1. The van der Waals surface area contributed by atoms with Crippen LogP contribution in [0.15, 0.2) is 52.1 Å². The van der Waals surface area contributed by atoms with Gasteiger partial charge < -0.3 is 19.2 Å². The number of aliphatic imine (C=N–C) groups is 1. The topological polar surface area (TPSA) is 90.1 Å². The van der Waals surface area contributed by atoms with Gasteiger partial charge in [-0.1, -0.05) is 31.5 Å². The summed E-state index contributed by atoms with van der Waals surface area (Å²) in [6.07, 6.45) is 3.44. The summed E-state index contributed by atoms with van der Waals surface area (Å²) in [4.78, 5) is 28.8. The van der Waals surface area contributed by atoms with Crippen molar-refractivity contribution in [3.8, 4) is 5.75 Å². The van der Waals surface area contributed by atoms with E-state index in [2.05, 4.69) is 17.2 Å². The second kappa shape index (κ2) is 9.21. The lowest BCUT2D eigenvalue weighted by atomic mass is 9.88. The number of unbranched alkanes of at least 4 members (excludes halogenated alkanes) is 1. The van der Waals surface area contributed by atoms with E-state index in [1.165, 1.54) is 6.26 Å². The van der Waals surface area contributed by atoms with Gasteiger partial charge in [0, 0.05) is 11.3 Å². The minimum Gasteiger partial charge on any atom is -0.493 e. The quantitative estimate of drug-likeness (QED) is 0.548. The van der Waals surface area contributed by atoms with Gasteiger partial charge in [0.25, 0.3) is 0 Å². The van der Waals surface area contributed by atoms with Gasteiger partial charge in [0.1, 0.15) is 24.0 Å². The van der Waals surface area contributed by atoms with Gasteiger partial charge in [-0.2, -0.15) is 0 Å². The number of carbonyl (C=O) groups excluding carboxylic acids is 2. The summed E-state index contributed by atoms with van der Waals surface area (Å²) in [6, 6.07) is 9.74. The summed E-state index contributed by atoms with van der Waals surface area (Å²) in [7, 11) is 0. The van der Waals surface area contributed by atoms with Crippen LogP contribution in [-0.4, -0.2) is 24.3 Å². The number of hydrogen-bond donors (Lipinski definition) is 1. The number of furan rings is 1. The molecule has 7 nitrogen and oxygen atoms in total. The largest absolute Gasteiger partial charge is 0.493 e. The summed E-state index contributed by atoms with van der Waals surface area (Å²) < 4.78 is 16.5. The third-order valence-corrected chi connectivity index (χ3v) is 4.54. The first-order valence-electron chi connectivity index (χ1n) is 9.36. The van der Waals surface area contributed by atoms with Crippen molar-refractivity contribution in [3.63, 3.8) is 0 Å². The Hall–Kier alpha value is -3.09. The Morgan fingerprint density at radius 2 is 2.07 bits per heavy atom. The molecule has 1 N–H and O–H groups in total. The number of esters is 1. The van der Waals surface area contributed by atoms with Crippen molar-refractivity contribution in [2.75, 3.05) is 6.61 Å². The zero-order chi connectivity index (χ0) is 19.9. The van der Waals surface area contributed by atoms with Crippen LogP contribution in [0, 0.1) is 5.92 Å². The van der Waals surface area contributed by atoms with Crippen LogP contribution in [0.2, 0.25) is 0 Å². The van der Waals surface area contributed by atoms with Crippen LogP contribution in [0.4, 0.5) is 4.79 Å². The predicted molar refractivity (Wildman–Crippen MR) is 103 cm³/mol. The number of carbonyl (C=O) groups is 2. The highest BCUT2D eigenvalue weighted by atomic mass is 16.5. The first kappa shape index (κ1) is 19.7. The molecule has 0 fully saturated rings. The summed E-state index contributed by atoms with van der Waals surface area (Å²) in [5.41, 5.74) is 1.13.